The summed E-state index contributed by atoms with van der Waals surface area (Å²) in [6, 6.07) is 17.4. The molecule has 3 aromatic carbocycles. The number of fused-ring (bicyclic) bond motifs is 1. The number of ether oxygens (including phenoxy) is 2. The first kappa shape index (κ1) is 30.9. The summed E-state index contributed by atoms with van der Waals surface area (Å²) in [7, 11) is 0. The van der Waals surface area contributed by atoms with E-state index in [-0.39, 0.29) is 43.0 Å². The molecule has 4 rings (SSSR count). The molecular formula is C31H29F3N4O5. The second kappa shape index (κ2) is 13.8. The van der Waals surface area contributed by atoms with Crippen molar-refractivity contribution in [1.29, 1.82) is 0 Å². The van der Waals surface area contributed by atoms with Gasteiger partial charge in [0, 0.05) is 23.2 Å². The van der Waals surface area contributed by atoms with Crippen LogP contribution in [-0.4, -0.2) is 47.1 Å². The number of rotatable bonds is 11. The molecule has 12 heteroatoms. The third-order valence-electron chi connectivity index (χ3n) is 6.27. The maximum absolute atomic E-state index is 13.3. The van der Waals surface area contributed by atoms with Crippen LogP contribution in [0.15, 0.2) is 72.8 Å². The summed E-state index contributed by atoms with van der Waals surface area (Å²) in [5.41, 5.74) is 1.34. The van der Waals surface area contributed by atoms with Gasteiger partial charge in [0.1, 0.15) is 11.7 Å². The van der Waals surface area contributed by atoms with Crippen LogP contribution in [0.5, 0.6) is 0 Å². The van der Waals surface area contributed by atoms with Gasteiger partial charge in [0.25, 0.3) is 5.91 Å². The molecule has 4 aromatic rings. The summed E-state index contributed by atoms with van der Waals surface area (Å²) in [5.74, 6) is -1.52. The first-order chi connectivity index (χ1) is 20.6. The second-order valence-corrected chi connectivity index (χ2v) is 9.31. The highest BCUT2D eigenvalue weighted by atomic mass is 19.4. The molecule has 0 fully saturated rings. The molecule has 9 nitrogen and oxygen atoms in total. The SMILES string of the molecule is CCOC(=O)CCC(NC(=O)c1ccc(Nc2nc3cc(C(F)(F)F)ccc3nc2-c2ccccc2)cc1)C(=O)OCC. The number of hydrogen-bond acceptors (Lipinski definition) is 8. The predicted octanol–water partition coefficient (Wildman–Crippen LogP) is 6.06. The topological polar surface area (TPSA) is 120 Å². The van der Waals surface area contributed by atoms with Gasteiger partial charge in [-0.25, -0.2) is 14.8 Å². The normalized spacial score (nSPS) is 11.9. The van der Waals surface area contributed by atoms with Crippen LogP contribution in [0, 0.1) is 0 Å². The molecule has 0 saturated heterocycles. The fourth-order valence-corrected chi connectivity index (χ4v) is 4.19. The van der Waals surface area contributed by atoms with Crippen LogP contribution < -0.4 is 10.6 Å². The van der Waals surface area contributed by atoms with E-state index in [4.69, 9.17) is 9.47 Å². The molecule has 0 radical (unpaired) electrons. The van der Waals surface area contributed by atoms with E-state index in [0.717, 1.165) is 12.1 Å². The molecule has 224 valence electrons. The summed E-state index contributed by atoms with van der Waals surface area (Å²) < 4.78 is 49.9. The van der Waals surface area contributed by atoms with Crippen molar-refractivity contribution in [3.8, 4) is 11.3 Å². The van der Waals surface area contributed by atoms with Gasteiger partial charge in [-0.3, -0.25) is 9.59 Å². The van der Waals surface area contributed by atoms with Crippen LogP contribution in [-0.2, 0) is 25.2 Å². The van der Waals surface area contributed by atoms with E-state index in [0.29, 0.717) is 22.5 Å². The highest BCUT2D eigenvalue weighted by Crippen LogP contribution is 2.33. The number of nitrogens with zero attached hydrogens (tertiary/aromatic N) is 2. The Balaban J connectivity index is 1.57. The van der Waals surface area contributed by atoms with Crippen LogP contribution in [0.2, 0.25) is 0 Å². The number of hydrogen-bond donors (Lipinski definition) is 2. The van der Waals surface area contributed by atoms with Gasteiger partial charge >= 0.3 is 18.1 Å². The number of esters is 2. The minimum Gasteiger partial charge on any atom is -0.466 e. The fourth-order valence-electron chi connectivity index (χ4n) is 4.19. The van der Waals surface area contributed by atoms with E-state index in [9.17, 15) is 27.6 Å². The molecule has 1 atom stereocenters. The number of benzene rings is 3. The Labute approximate surface area is 245 Å². The maximum Gasteiger partial charge on any atom is 0.416 e. The van der Waals surface area contributed by atoms with Gasteiger partial charge in [0.15, 0.2) is 5.82 Å². The van der Waals surface area contributed by atoms with Crippen LogP contribution in [0.3, 0.4) is 0 Å². The van der Waals surface area contributed by atoms with E-state index in [1.807, 2.05) is 6.07 Å². The van der Waals surface area contributed by atoms with E-state index in [1.165, 1.54) is 18.2 Å². The van der Waals surface area contributed by atoms with Crippen molar-refractivity contribution < 1.29 is 37.0 Å². The Hall–Kier alpha value is -5.00. The molecule has 1 heterocycles. The van der Waals surface area contributed by atoms with Crippen molar-refractivity contribution in [2.75, 3.05) is 18.5 Å². The number of carbonyl (C=O) groups excluding carboxylic acids is 3. The zero-order valence-corrected chi connectivity index (χ0v) is 23.4. The minimum absolute atomic E-state index is 0.00198. The number of aromatic nitrogens is 2. The molecular weight excluding hydrogens is 565 g/mol. The smallest absolute Gasteiger partial charge is 0.416 e. The van der Waals surface area contributed by atoms with Crippen molar-refractivity contribution in [3.05, 3.63) is 83.9 Å². The van der Waals surface area contributed by atoms with Crippen LogP contribution in [0.25, 0.3) is 22.3 Å². The van der Waals surface area contributed by atoms with Crippen LogP contribution >= 0.6 is 0 Å². The zero-order chi connectivity index (χ0) is 31.0. The molecule has 1 aromatic heterocycles. The lowest BCUT2D eigenvalue weighted by Crippen LogP contribution is -2.42. The first-order valence-corrected chi connectivity index (χ1v) is 13.5. The van der Waals surface area contributed by atoms with Crippen LogP contribution in [0.4, 0.5) is 24.7 Å². The first-order valence-electron chi connectivity index (χ1n) is 13.5. The molecule has 0 saturated carbocycles. The Morgan fingerprint density at radius 2 is 1.56 bits per heavy atom. The molecule has 43 heavy (non-hydrogen) atoms. The summed E-state index contributed by atoms with van der Waals surface area (Å²) in [4.78, 5) is 46.1. The van der Waals surface area contributed by atoms with Gasteiger partial charge in [-0.1, -0.05) is 30.3 Å². The Morgan fingerprint density at radius 1 is 0.860 bits per heavy atom. The molecule has 0 spiro atoms. The van der Waals surface area contributed by atoms with Crippen molar-refractivity contribution in [2.45, 2.75) is 38.9 Å². The third-order valence-corrected chi connectivity index (χ3v) is 6.27. The van der Waals surface area contributed by atoms with E-state index >= 15 is 0 Å². The van der Waals surface area contributed by atoms with Crippen LogP contribution in [0.1, 0.15) is 42.6 Å². The third kappa shape index (κ3) is 8.06. The Morgan fingerprint density at radius 3 is 2.21 bits per heavy atom. The maximum atomic E-state index is 13.3. The molecule has 0 aliphatic heterocycles. The fraction of sp³-hybridized carbons (Fsp3) is 0.258. The average molecular weight is 595 g/mol. The van der Waals surface area contributed by atoms with Gasteiger partial charge < -0.3 is 20.1 Å². The highest BCUT2D eigenvalue weighted by Gasteiger charge is 2.31. The van der Waals surface area contributed by atoms with Crippen molar-refractivity contribution >= 4 is 40.4 Å². The number of halogens is 3. The number of alkyl halides is 3. The number of amides is 1. The summed E-state index contributed by atoms with van der Waals surface area (Å²) in [5, 5.41) is 5.69. The molecule has 1 unspecified atom stereocenters. The average Bonchev–Trinajstić information content (AvgIpc) is 2.99. The van der Waals surface area contributed by atoms with Crippen molar-refractivity contribution in [1.82, 2.24) is 15.3 Å². The molecule has 0 bridgehead atoms. The molecule has 2 N–H and O–H groups in total. The van der Waals surface area contributed by atoms with E-state index in [2.05, 4.69) is 20.6 Å². The van der Waals surface area contributed by atoms with Gasteiger partial charge in [-0.2, -0.15) is 13.2 Å². The molecule has 0 aliphatic carbocycles. The standard InChI is InChI=1S/C31H29F3N4O5/c1-3-42-26(39)17-16-24(30(41)43-4-2)38-29(40)20-10-13-22(14-11-20)35-28-27(19-8-6-5-7-9-19)36-23-15-12-21(31(32,33)34)18-25(23)37-28/h5-15,18,24H,3-4,16-17H2,1-2H3,(H,35,37)(H,38,40). The number of anilines is 2. The van der Waals surface area contributed by atoms with Gasteiger partial charge in [-0.05, 0) is 62.7 Å². The Kier molecular flexibility index (Phi) is 9.91. The number of carbonyl (C=O) groups is 3. The molecule has 0 aliphatic rings. The quantitative estimate of drug-likeness (QED) is 0.201. The lowest BCUT2D eigenvalue weighted by Gasteiger charge is -2.17. The van der Waals surface area contributed by atoms with E-state index < -0.39 is 35.6 Å². The van der Waals surface area contributed by atoms with E-state index in [1.54, 1.807) is 50.2 Å². The highest BCUT2D eigenvalue weighted by molar-refractivity contribution is 5.97. The van der Waals surface area contributed by atoms with Gasteiger partial charge in [-0.15, -0.1) is 0 Å². The lowest BCUT2D eigenvalue weighted by molar-refractivity contribution is -0.147. The minimum atomic E-state index is -4.54. The molecule has 1 amide bonds. The predicted molar refractivity (Wildman–Crippen MR) is 153 cm³/mol. The lowest BCUT2D eigenvalue weighted by atomic mass is 10.1. The zero-order valence-electron chi connectivity index (χ0n) is 23.4. The summed E-state index contributed by atoms with van der Waals surface area (Å²) in [6.45, 7) is 3.60. The Bertz CT molecular complexity index is 1600. The summed E-state index contributed by atoms with van der Waals surface area (Å²) in [6.07, 6.45) is -4.62. The second-order valence-electron chi connectivity index (χ2n) is 9.31. The van der Waals surface area contributed by atoms with Crippen molar-refractivity contribution in [3.63, 3.8) is 0 Å². The number of nitrogens with one attached hydrogen (secondary N) is 2. The largest absolute Gasteiger partial charge is 0.466 e. The summed E-state index contributed by atoms with van der Waals surface area (Å²) >= 11 is 0. The van der Waals surface area contributed by atoms with Crippen molar-refractivity contribution in [2.24, 2.45) is 0 Å². The van der Waals surface area contributed by atoms with Gasteiger partial charge in [0.2, 0.25) is 0 Å². The van der Waals surface area contributed by atoms with Gasteiger partial charge in [0.05, 0.1) is 29.8 Å². The monoisotopic (exact) mass is 594 g/mol.